The van der Waals surface area contributed by atoms with Gasteiger partial charge in [-0.2, -0.15) is 0 Å². The summed E-state index contributed by atoms with van der Waals surface area (Å²) in [5, 5.41) is 0. The van der Waals surface area contributed by atoms with Gasteiger partial charge < -0.3 is 10.6 Å². The van der Waals surface area contributed by atoms with Gasteiger partial charge in [0.25, 0.3) is 0 Å². The number of aryl methyl sites for hydroxylation is 1. The summed E-state index contributed by atoms with van der Waals surface area (Å²) in [4.78, 5) is 21.7. The van der Waals surface area contributed by atoms with Crippen molar-refractivity contribution in [1.82, 2.24) is 19.4 Å². The van der Waals surface area contributed by atoms with Crippen molar-refractivity contribution in [2.24, 2.45) is 0 Å². The minimum atomic E-state index is -0.0423. The van der Waals surface area contributed by atoms with Crippen LogP contribution in [-0.2, 0) is 11.3 Å². The van der Waals surface area contributed by atoms with Gasteiger partial charge in [0, 0.05) is 20.3 Å². The van der Waals surface area contributed by atoms with Gasteiger partial charge >= 0.3 is 0 Å². The van der Waals surface area contributed by atoms with E-state index < -0.39 is 0 Å². The maximum atomic E-state index is 11.7. The number of hydrogen-bond acceptors (Lipinski definition) is 4. The van der Waals surface area contributed by atoms with Gasteiger partial charge in [-0.05, 0) is 18.6 Å². The molecule has 6 heteroatoms. The van der Waals surface area contributed by atoms with Crippen molar-refractivity contribution in [3.63, 3.8) is 0 Å². The fourth-order valence-corrected chi connectivity index (χ4v) is 1.59. The number of carbonyl (C=O) groups excluding carboxylic acids is 1. The molecule has 2 N–H and O–H groups in total. The topological polar surface area (TPSA) is 77.0 Å². The number of nitrogens with two attached hydrogens (primary N) is 1. The smallest absolute Gasteiger partial charge is 0.242 e. The molecule has 0 saturated carbocycles. The molecule has 1 amide bonds. The monoisotopic (exact) mass is 233 g/mol. The van der Waals surface area contributed by atoms with E-state index in [9.17, 15) is 4.79 Å². The molecule has 0 spiro atoms. The highest BCUT2D eigenvalue weighted by Gasteiger charge is 2.14. The zero-order chi connectivity index (χ0) is 12.6. The quantitative estimate of drug-likeness (QED) is 0.815. The van der Waals surface area contributed by atoms with Crippen molar-refractivity contribution in [3.8, 4) is 0 Å². The summed E-state index contributed by atoms with van der Waals surface area (Å²) < 4.78 is 1.63. The van der Waals surface area contributed by atoms with Gasteiger partial charge in [-0.25, -0.2) is 9.97 Å². The number of nitrogens with zero attached hydrogens (tertiary/aromatic N) is 4. The SMILES string of the molecule is Cc1ccnc2c1nc(N)n2CC(=O)N(C)C. The average Bonchev–Trinajstić information content (AvgIpc) is 2.58. The molecule has 0 aliphatic heterocycles. The van der Waals surface area contributed by atoms with Crippen LogP contribution in [-0.4, -0.2) is 39.4 Å². The number of likely N-dealkylation sites (N-methyl/N-ethyl adjacent to an activating group) is 1. The number of amides is 1. The van der Waals surface area contributed by atoms with Crippen molar-refractivity contribution in [1.29, 1.82) is 0 Å². The summed E-state index contributed by atoms with van der Waals surface area (Å²) in [6, 6.07) is 1.87. The summed E-state index contributed by atoms with van der Waals surface area (Å²) in [6.45, 7) is 2.10. The van der Waals surface area contributed by atoms with E-state index in [2.05, 4.69) is 9.97 Å². The second kappa shape index (κ2) is 4.04. The van der Waals surface area contributed by atoms with Crippen molar-refractivity contribution >= 4 is 23.0 Å². The van der Waals surface area contributed by atoms with Gasteiger partial charge in [-0.1, -0.05) is 0 Å². The lowest BCUT2D eigenvalue weighted by Crippen LogP contribution is -2.26. The minimum Gasteiger partial charge on any atom is -0.369 e. The van der Waals surface area contributed by atoms with Crippen LogP contribution in [0, 0.1) is 6.92 Å². The number of rotatable bonds is 2. The van der Waals surface area contributed by atoms with Crippen molar-refractivity contribution in [3.05, 3.63) is 17.8 Å². The van der Waals surface area contributed by atoms with Crippen LogP contribution in [0.25, 0.3) is 11.2 Å². The van der Waals surface area contributed by atoms with Gasteiger partial charge in [-0.3, -0.25) is 9.36 Å². The Labute approximate surface area is 99.1 Å². The molecular formula is C11H15N5O. The highest BCUT2D eigenvalue weighted by Crippen LogP contribution is 2.18. The molecular weight excluding hydrogens is 218 g/mol. The number of aromatic nitrogens is 3. The summed E-state index contributed by atoms with van der Waals surface area (Å²) in [6.07, 6.45) is 1.69. The van der Waals surface area contributed by atoms with Crippen LogP contribution in [0.3, 0.4) is 0 Å². The van der Waals surface area contributed by atoms with Crippen molar-refractivity contribution in [2.45, 2.75) is 13.5 Å². The summed E-state index contributed by atoms with van der Waals surface area (Å²) in [5.41, 5.74) is 8.21. The number of nitrogen functional groups attached to an aromatic ring is 1. The number of hydrogen-bond donors (Lipinski definition) is 1. The van der Waals surface area contributed by atoms with Crippen LogP contribution >= 0.6 is 0 Å². The molecule has 2 aromatic rings. The van der Waals surface area contributed by atoms with Crippen LogP contribution in [0.4, 0.5) is 5.95 Å². The van der Waals surface area contributed by atoms with Crippen molar-refractivity contribution in [2.75, 3.05) is 19.8 Å². The number of fused-ring (bicyclic) bond motifs is 1. The fraction of sp³-hybridized carbons (Fsp3) is 0.364. The molecule has 2 heterocycles. The molecule has 0 unspecified atom stereocenters. The Hall–Kier alpha value is -2.11. The second-order valence-corrected chi connectivity index (χ2v) is 4.14. The lowest BCUT2D eigenvalue weighted by molar-refractivity contribution is -0.129. The zero-order valence-electron chi connectivity index (χ0n) is 10.1. The van der Waals surface area contributed by atoms with Gasteiger partial charge in [0.15, 0.2) is 5.65 Å². The molecule has 0 bridgehead atoms. The van der Waals surface area contributed by atoms with Crippen LogP contribution in [0.1, 0.15) is 5.56 Å². The molecule has 0 atom stereocenters. The first kappa shape index (κ1) is 11.4. The molecule has 90 valence electrons. The van der Waals surface area contributed by atoms with E-state index in [1.54, 1.807) is 24.9 Å². The fourth-order valence-electron chi connectivity index (χ4n) is 1.59. The largest absolute Gasteiger partial charge is 0.369 e. The zero-order valence-corrected chi connectivity index (χ0v) is 10.1. The Morgan fingerprint density at radius 1 is 1.53 bits per heavy atom. The first-order chi connectivity index (χ1) is 8.00. The van der Waals surface area contributed by atoms with Gasteiger partial charge in [0.1, 0.15) is 12.1 Å². The number of imidazole rings is 1. The predicted molar refractivity (Wildman–Crippen MR) is 65.4 cm³/mol. The highest BCUT2D eigenvalue weighted by atomic mass is 16.2. The summed E-state index contributed by atoms with van der Waals surface area (Å²) >= 11 is 0. The van der Waals surface area contributed by atoms with Crippen LogP contribution in [0.5, 0.6) is 0 Å². The molecule has 0 aliphatic rings. The average molecular weight is 233 g/mol. The van der Waals surface area contributed by atoms with Crippen LogP contribution in [0.2, 0.25) is 0 Å². The molecule has 0 aromatic carbocycles. The Morgan fingerprint density at radius 2 is 2.24 bits per heavy atom. The van der Waals surface area contributed by atoms with Gasteiger partial charge in [-0.15, -0.1) is 0 Å². The Bertz CT molecular complexity index is 572. The third-order valence-corrected chi connectivity index (χ3v) is 2.66. The number of pyridine rings is 1. The molecule has 17 heavy (non-hydrogen) atoms. The first-order valence-electron chi connectivity index (χ1n) is 5.28. The third-order valence-electron chi connectivity index (χ3n) is 2.66. The lowest BCUT2D eigenvalue weighted by Gasteiger charge is -2.11. The molecule has 0 radical (unpaired) electrons. The maximum Gasteiger partial charge on any atom is 0.242 e. The van der Waals surface area contributed by atoms with Crippen molar-refractivity contribution < 1.29 is 4.79 Å². The van der Waals surface area contributed by atoms with Gasteiger partial charge in [0.05, 0.1) is 0 Å². The van der Waals surface area contributed by atoms with Crippen LogP contribution in [0.15, 0.2) is 12.3 Å². The van der Waals surface area contributed by atoms with E-state index in [-0.39, 0.29) is 12.5 Å². The Morgan fingerprint density at radius 3 is 2.88 bits per heavy atom. The first-order valence-corrected chi connectivity index (χ1v) is 5.28. The molecule has 0 saturated heterocycles. The Kier molecular flexibility index (Phi) is 2.71. The molecule has 6 nitrogen and oxygen atoms in total. The van der Waals surface area contributed by atoms with E-state index in [1.807, 2.05) is 13.0 Å². The summed E-state index contributed by atoms with van der Waals surface area (Å²) in [5.74, 6) is 0.274. The number of carbonyl (C=O) groups is 1. The normalized spacial score (nSPS) is 10.8. The molecule has 2 rings (SSSR count). The molecule has 0 fully saturated rings. The lowest BCUT2D eigenvalue weighted by atomic mass is 10.3. The predicted octanol–water partition coefficient (Wildman–Crippen LogP) is 0.410. The molecule has 2 aromatic heterocycles. The second-order valence-electron chi connectivity index (χ2n) is 4.14. The Balaban J connectivity index is 2.50. The van der Waals surface area contributed by atoms with E-state index in [0.717, 1.165) is 11.1 Å². The van der Waals surface area contributed by atoms with E-state index in [0.29, 0.717) is 11.6 Å². The molecule has 0 aliphatic carbocycles. The van der Waals surface area contributed by atoms with E-state index in [1.165, 1.54) is 4.90 Å². The standard InChI is InChI=1S/C11H15N5O/c1-7-4-5-13-10-9(7)14-11(12)16(10)6-8(17)15(2)3/h4-5H,6H2,1-3H3,(H2,12,14). The minimum absolute atomic E-state index is 0.0423. The number of anilines is 1. The maximum absolute atomic E-state index is 11.7. The van der Waals surface area contributed by atoms with Gasteiger partial charge in [0.2, 0.25) is 11.9 Å². The van der Waals surface area contributed by atoms with E-state index >= 15 is 0 Å². The highest BCUT2D eigenvalue weighted by molar-refractivity contribution is 5.82. The van der Waals surface area contributed by atoms with Crippen LogP contribution < -0.4 is 5.73 Å². The summed E-state index contributed by atoms with van der Waals surface area (Å²) in [7, 11) is 3.41. The third kappa shape index (κ3) is 1.93. The van der Waals surface area contributed by atoms with E-state index in [4.69, 9.17) is 5.73 Å².